The van der Waals surface area contributed by atoms with Crippen molar-refractivity contribution in [1.82, 2.24) is 4.90 Å². The molecule has 1 saturated heterocycles. The Hall–Kier alpha value is -1.35. The number of carbonyl (C=O) groups is 1. The second-order valence-corrected chi connectivity index (χ2v) is 7.98. The van der Waals surface area contributed by atoms with Gasteiger partial charge in [-0.1, -0.05) is 44.2 Å². The minimum atomic E-state index is -0.280. The van der Waals surface area contributed by atoms with E-state index in [9.17, 15) is 9.90 Å². The van der Waals surface area contributed by atoms with Gasteiger partial charge in [0.05, 0.1) is 11.5 Å². The fraction of sp³-hybridized carbons (Fsp3) is 0.632. The van der Waals surface area contributed by atoms with Gasteiger partial charge in [0.25, 0.3) is 0 Å². The Bertz CT molecular complexity index is 534. The van der Waals surface area contributed by atoms with Crippen molar-refractivity contribution >= 4 is 5.91 Å². The Kier molecular flexibility index (Phi) is 4.02. The fourth-order valence-electron chi connectivity index (χ4n) is 3.82. The van der Waals surface area contributed by atoms with Crippen LogP contribution in [-0.4, -0.2) is 35.1 Å². The van der Waals surface area contributed by atoms with E-state index < -0.39 is 0 Å². The van der Waals surface area contributed by atoms with Crippen molar-refractivity contribution in [3.05, 3.63) is 35.9 Å². The van der Waals surface area contributed by atoms with Crippen LogP contribution in [0.25, 0.3) is 0 Å². The molecule has 2 fully saturated rings. The SMILES string of the molecule is CC1(C)CC(O)CCN(C(=O)C2(Cc3ccccc3)CC2)C1. The molecule has 1 atom stereocenters. The number of aliphatic hydroxyl groups is 1. The lowest BCUT2D eigenvalue weighted by molar-refractivity contribution is -0.138. The normalized spacial score (nSPS) is 26.3. The van der Waals surface area contributed by atoms with E-state index in [1.54, 1.807) is 0 Å². The Morgan fingerprint density at radius 1 is 1.27 bits per heavy atom. The molecule has 0 bridgehead atoms. The van der Waals surface area contributed by atoms with Gasteiger partial charge in [-0.15, -0.1) is 0 Å². The molecule has 1 amide bonds. The van der Waals surface area contributed by atoms with Gasteiger partial charge in [0.15, 0.2) is 0 Å². The number of carbonyl (C=O) groups excluding carboxylic acids is 1. The summed E-state index contributed by atoms with van der Waals surface area (Å²) < 4.78 is 0. The van der Waals surface area contributed by atoms with E-state index in [-0.39, 0.29) is 16.9 Å². The Morgan fingerprint density at radius 2 is 1.95 bits per heavy atom. The zero-order chi connectivity index (χ0) is 15.8. The zero-order valence-electron chi connectivity index (χ0n) is 13.7. The van der Waals surface area contributed by atoms with Gasteiger partial charge >= 0.3 is 0 Å². The summed E-state index contributed by atoms with van der Waals surface area (Å²) in [7, 11) is 0. The maximum atomic E-state index is 13.1. The molecular weight excluding hydrogens is 274 g/mol. The standard InChI is InChI=1S/C19H27NO2/c1-18(2)13-16(21)8-11-20(14-18)17(22)19(9-10-19)12-15-6-4-3-5-7-15/h3-7,16,21H,8-14H2,1-2H3. The van der Waals surface area contributed by atoms with E-state index in [0.29, 0.717) is 18.9 Å². The Balaban J connectivity index is 1.72. The van der Waals surface area contributed by atoms with Crippen molar-refractivity contribution in [3.8, 4) is 0 Å². The van der Waals surface area contributed by atoms with Crippen molar-refractivity contribution in [2.45, 2.75) is 52.1 Å². The van der Waals surface area contributed by atoms with Crippen LogP contribution in [-0.2, 0) is 11.2 Å². The van der Waals surface area contributed by atoms with Crippen molar-refractivity contribution in [2.75, 3.05) is 13.1 Å². The maximum absolute atomic E-state index is 13.1. The van der Waals surface area contributed by atoms with Gasteiger partial charge < -0.3 is 10.0 Å². The second-order valence-electron chi connectivity index (χ2n) is 7.98. The summed E-state index contributed by atoms with van der Waals surface area (Å²) in [4.78, 5) is 15.1. The molecule has 1 aliphatic carbocycles. The number of hydrogen-bond donors (Lipinski definition) is 1. The first-order chi connectivity index (χ1) is 10.4. The van der Waals surface area contributed by atoms with Crippen LogP contribution < -0.4 is 0 Å². The van der Waals surface area contributed by atoms with E-state index >= 15 is 0 Å². The number of benzene rings is 1. The predicted octanol–water partition coefficient (Wildman–Crippen LogP) is 3.02. The van der Waals surface area contributed by atoms with Crippen LogP contribution in [0.15, 0.2) is 30.3 Å². The van der Waals surface area contributed by atoms with E-state index in [2.05, 4.69) is 26.0 Å². The molecule has 2 aliphatic rings. The zero-order valence-corrected chi connectivity index (χ0v) is 13.7. The highest BCUT2D eigenvalue weighted by atomic mass is 16.3. The van der Waals surface area contributed by atoms with Crippen LogP contribution in [0, 0.1) is 10.8 Å². The number of hydrogen-bond acceptors (Lipinski definition) is 2. The molecule has 0 spiro atoms. The number of rotatable bonds is 3. The molecule has 3 nitrogen and oxygen atoms in total. The average Bonchev–Trinajstić information content (AvgIpc) is 3.24. The molecule has 1 N–H and O–H groups in total. The molecule has 1 aromatic rings. The summed E-state index contributed by atoms with van der Waals surface area (Å²) in [6, 6.07) is 10.3. The summed E-state index contributed by atoms with van der Waals surface area (Å²) in [5.41, 5.74) is 1.07. The predicted molar refractivity (Wildman–Crippen MR) is 87.4 cm³/mol. The molecule has 1 aliphatic heterocycles. The Labute approximate surface area is 133 Å². The second kappa shape index (κ2) is 5.69. The fourth-order valence-corrected chi connectivity index (χ4v) is 3.82. The smallest absolute Gasteiger partial charge is 0.229 e. The highest BCUT2D eigenvalue weighted by Gasteiger charge is 2.52. The highest BCUT2D eigenvalue weighted by Crippen LogP contribution is 2.50. The van der Waals surface area contributed by atoms with Crippen molar-refractivity contribution < 1.29 is 9.90 Å². The van der Waals surface area contributed by atoms with Crippen molar-refractivity contribution in [3.63, 3.8) is 0 Å². The van der Waals surface area contributed by atoms with Gasteiger partial charge in [0, 0.05) is 13.1 Å². The first kappa shape index (κ1) is 15.5. The summed E-state index contributed by atoms with van der Waals surface area (Å²) in [6.07, 6.45) is 4.06. The van der Waals surface area contributed by atoms with E-state index in [4.69, 9.17) is 0 Å². The average molecular weight is 301 g/mol. The van der Waals surface area contributed by atoms with Crippen LogP contribution >= 0.6 is 0 Å². The molecular formula is C19H27NO2. The molecule has 1 saturated carbocycles. The quantitative estimate of drug-likeness (QED) is 0.932. The minimum Gasteiger partial charge on any atom is -0.393 e. The van der Waals surface area contributed by atoms with Gasteiger partial charge in [-0.3, -0.25) is 4.79 Å². The monoisotopic (exact) mass is 301 g/mol. The van der Waals surface area contributed by atoms with Crippen LogP contribution in [0.5, 0.6) is 0 Å². The number of amides is 1. The summed E-state index contributed by atoms with van der Waals surface area (Å²) in [5.74, 6) is 0.304. The molecule has 1 heterocycles. The van der Waals surface area contributed by atoms with Crippen LogP contribution in [0.3, 0.4) is 0 Å². The van der Waals surface area contributed by atoms with Crippen molar-refractivity contribution in [1.29, 1.82) is 0 Å². The number of nitrogens with zero attached hydrogens (tertiary/aromatic N) is 1. The lowest BCUT2D eigenvalue weighted by Gasteiger charge is -2.32. The van der Waals surface area contributed by atoms with Crippen molar-refractivity contribution in [2.24, 2.45) is 10.8 Å². The molecule has 3 heteroatoms. The third-order valence-corrected chi connectivity index (χ3v) is 5.12. The molecule has 1 unspecified atom stereocenters. The first-order valence-electron chi connectivity index (χ1n) is 8.42. The van der Waals surface area contributed by atoms with Crippen LogP contribution in [0.2, 0.25) is 0 Å². The third-order valence-electron chi connectivity index (χ3n) is 5.12. The molecule has 1 aromatic carbocycles. The highest BCUT2D eigenvalue weighted by molar-refractivity contribution is 5.85. The van der Waals surface area contributed by atoms with Gasteiger partial charge in [-0.05, 0) is 43.1 Å². The maximum Gasteiger partial charge on any atom is 0.229 e. The molecule has 120 valence electrons. The number of aliphatic hydroxyl groups excluding tert-OH is 1. The van der Waals surface area contributed by atoms with E-state index in [1.165, 1.54) is 5.56 Å². The van der Waals surface area contributed by atoms with E-state index in [1.807, 2.05) is 23.1 Å². The first-order valence-corrected chi connectivity index (χ1v) is 8.42. The third kappa shape index (κ3) is 3.35. The summed E-state index contributed by atoms with van der Waals surface area (Å²) in [5, 5.41) is 10.0. The van der Waals surface area contributed by atoms with Gasteiger partial charge in [0.1, 0.15) is 0 Å². The van der Waals surface area contributed by atoms with E-state index in [0.717, 1.165) is 32.2 Å². The molecule has 3 rings (SSSR count). The topological polar surface area (TPSA) is 40.5 Å². The largest absolute Gasteiger partial charge is 0.393 e. The van der Waals surface area contributed by atoms with Gasteiger partial charge in [-0.2, -0.15) is 0 Å². The molecule has 22 heavy (non-hydrogen) atoms. The molecule has 0 radical (unpaired) electrons. The van der Waals surface area contributed by atoms with Crippen LogP contribution in [0.1, 0.15) is 45.1 Å². The van der Waals surface area contributed by atoms with Gasteiger partial charge in [-0.25, -0.2) is 0 Å². The summed E-state index contributed by atoms with van der Waals surface area (Å²) >= 11 is 0. The molecule has 0 aromatic heterocycles. The lowest BCUT2D eigenvalue weighted by Crippen LogP contribution is -2.42. The minimum absolute atomic E-state index is 0.00555. The Morgan fingerprint density at radius 3 is 2.59 bits per heavy atom. The van der Waals surface area contributed by atoms with Crippen LogP contribution in [0.4, 0.5) is 0 Å². The lowest BCUT2D eigenvalue weighted by atomic mass is 9.86. The van der Waals surface area contributed by atoms with Gasteiger partial charge in [0.2, 0.25) is 5.91 Å². The summed E-state index contributed by atoms with van der Waals surface area (Å²) in [6.45, 7) is 5.76. The number of likely N-dealkylation sites (tertiary alicyclic amines) is 1.